The van der Waals surface area contributed by atoms with Crippen LogP contribution in [0.15, 0.2) is 48.5 Å². The number of imidazole rings is 1. The quantitative estimate of drug-likeness (QED) is 0.632. The van der Waals surface area contributed by atoms with Gasteiger partial charge >= 0.3 is 0 Å². The van der Waals surface area contributed by atoms with E-state index in [0.29, 0.717) is 6.61 Å². The summed E-state index contributed by atoms with van der Waals surface area (Å²) in [6.45, 7) is 8.24. The maximum absolute atomic E-state index is 5.53. The minimum absolute atomic E-state index is 0.695. The summed E-state index contributed by atoms with van der Waals surface area (Å²) in [4.78, 5) is 6.58. The zero-order chi connectivity index (χ0) is 19.2. The van der Waals surface area contributed by atoms with Gasteiger partial charge in [-0.1, -0.05) is 24.3 Å². The molecule has 5 heteroatoms. The van der Waals surface area contributed by atoms with Gasteiger partial charge in [0.05, 0.1) is 43.8 Å². The largest absolute Gasteiger partial charge is 0.494 e. The van der Waals surface area contributed by atoms with Crippen molar-refractivity contribution in [2.75, 3.05) is 31.6 Å². The first-order valence-electron chi connectivity index (χ1n) is 10.6. The van der Waals surface area contributed by atoms with E-state index in [1.807, 2.05) is 19.1 Å². The van der Waals surface area contributed by atoms with Gasteiger partial charge in [0.15, 0.2) is 0 Å². The normalized spacial score (nSPS) is 15.0. The second kappa shape index (κ2) is 9.11. The molecule has 3 aromatic rings. The molecule has 1 aliphatic rings. The number of fused-ring (bicyclic) bond motifs is 1. The van der Waals surface area contributed by atoms with Crippen LogP contribution in [0, 0.1) is 0 Å². The summed E-state index contributed by atoms with van der Waals surface area (Å²) < 4.78 is 7.89. The molecule has 0 aliphatic carbocycles. The monoisotopic (exact) mass is 379 g/mol. The fourth-order valence-corrected chi connectivity index (χ4v) is 4.06. The van der Waals surface area contributed by atoms with Crippen LogP contribution in [0.3, 0.4) is 0 Å². The lowest BCUT2D eigenvalue weighted by atomic mass is 10.1. The number of ether oxygens (including phenoxy) is 1. The zero-order valence-corrected chi connectivity index (χ0v) is 16.8. The lowest BCUT2D eigenvalue weighted by molar-refractivity contribution is -0.905. The number of hydrogen-bond donors (Lipinski definition) is 2. The van der Waals surface area contributed by atoms with E-state index in [4.69, 9.17) is 9.72 Å². The molecule has 0 atom stereocenters. The summed E-state index contributed by atoms with van der Waals surface area (Å²) >= 11 is 0. The molecule has 0 amide bonds. The highest BCUT2D eigenvalue weighted by atomic mass is 16.5. The van der Waals surface area contributed by atoms with Crippen molar-refractivity contribution >= 4 is 17.0 Å². The average molecular weight is 380 g/mol. The number of quaternary nitrogens is 1. The summed E-state index contributed by atoms with van der Waals surface area (Å²) in [6.07, 6.45) is 4.12. The maximum Gasteiger partial charge on any atom is 0.204 e. The van der Waals surface area contributed by atoms with Crippen molar-refractivity contribution in [3.63, 3.8) is 0 Å². The molecule has 1 aromatic heterocycles. The van der Waals surface area contributed by atoms with Crippen LogP contribution in [0.1, 0.15) is 31.7 Å². The van der Waals surface area contributed by atoms with Crippen molar-refractivity contribution in [2.24, 2.45) is 0 Å². The van der Waals surface area contributed by atoms with Crippen molar-refractivity contribution in [3.8, 4) is 5.75 Å². The third-order valence-corrected chi connectivity index (χ3v) is 5.59. The van der Waals surface area contributed by atoms with Gasteiger partial charge in [-0.25, -0.2) is 4.98 Å². The van der Waals surface area contributed by atoms with Gasteiger partial charge in [-0.05, 0) is 56.0 Å². The lowest BCUT2D eigenvalue weighted by Crippen LogP contribution is -3.13. The van der Waals surface area contributed by atoms with Gasteiger partial charge in [0, 0.05) is 6.54 Å². The molecule has 0 saturated carbocycles. The van der Waals surface area contributed by atoms with Gasteiger partial charge in [0.25, 0.3) is 0 Å². The standard InChI is InChI=1S/C23H30N4O/c1-2-28-20-12-10-19(11-13-20)18-24-23-25-21-8-4-5-9-22(21)27(23)17-16-26-14-6-3-7-15-26/h4-5,8-13H,2-3,6-7,14-18H2,1H3,(H,24,25)/p+1. The molecule has 1 aliphatic heterocycles. The van der Waals surface area contributed by atoms with E-state index in [2.05, 4.69) is 46.3 Å². The Labute approximate surface area is 167 Å². The summed E-state index contributed by atoms with van der Waals surface area (Å²) in [5.41, 5.74) is 3.50. The number of benzene rings is 2. The molecule has 1 saturated heterocycles. The van der Waals surface area contributed by atoms with E-state index < -0.39 is 0 Å². The molecule has 4 rings (SSSR count). The molecule has 0 unspecified atom stereocenters. The molecular formula is C23H31N4O+. The van der Waals surface area contributed by atoms with Crippen molar-refractivity contribution < 1.29 is 9.64 Å². The van der Waals surface area contributed by atoms with Crippen LogP contribution in [-0.4, -0.2) is 35.8 Å². The number of nitrogens with zero attached hydrogens (tertiary/aromatic N) is 2. The number of likely N-dealkylation sites (tertiary alicyclic amines) is 1. The third-order valence-electron chi connectivity index (χ3n) is 5.59. The fourth-order valence-electron chi connectivity index (χ4n) is 4.06. The van der Waals surface area contributed by atoms with Crippen molar-refractivity contribution in [3.05, 3.63) is 54.1 Å². The van der Waals surface area contributed by atoms with E-state index in [1.165, 1.54) is 43.4 Å². The summed E-state index contributed by atoms with van der Waals surface area (Å²) in [7, 11) is 0. The first-order chi connectivity index (χ1) is 13.8. The molecule has 5 nitrogen and oxygen atoms in total. The molecule has 0 spiro atoms. The Morgan fingerprint density at radius 1 is 1.04 bits per heavy atom. The second-order valence-electron chi connectivity index (χ2n) is 7.57. The van der Waals surface area contributed by atoms with Gasteiger partial charge in [0.2, 0.25) is 5.95 Å². The molecule has 2 aromatic carbocycles. The number of piperidine rings is 1. The number of para-hydroxylation sites is 2. The Morgan fingerprint density at radius 3 is 2.61 bits per heavy atom. The smallest absolute Gasteiger partial charge is 0.204 e. The Kier molecular flexibility index (Phi) is 6.12. The zero-order valence-electron chi connectivity index (χ0n) is 16.8. The van der Waals surface area contributed by atoms with E-state index in [0.717, 1.165) is 36.8 Å². The number of rotatable bonds is 8. The van der Waals surface area contributed by atoms with E-state index >= 15 is 0 Å². The van der Waals surface area contributed by atoms with Gasteiger partial charge in [-0.15, -0.1) is 0 Å². The van der Waals surface area contributed by atoms with Crippen LogP contribution in [0.2, 0.25) is 0 Å². The lowest BCUT2D eigenvalue weighted by Gasteiger charge is -2.24. The Bertz CT molecular complexity index is 881. The Morgan fingerprint density at radius 2 is 1.82 bits per heavy atom. The highest BCUT2D eigenvalue weighted by Gasteiger charge is 2.16. The van der Waals surface area contributed by atoms with Gasteiger partial charge in [-0.3, -0.25) is 0 Å². The third kappa shape index (κ3) is 4.47. The van der Waals surface area contributed by atoms with E-state index in [9.17, 15) is 0 Å². The molecule has 1 fully saturated rings. The van der Waals surface area contributed by atoms with Crippen LogP contribution < -0.4 is 15.0 Å². The number of aromatic nitrogens is 2. The number of hydrogen-bond acceptors (Lipinski definition) is 3. The predicted octanol–water partition coefficient (Wildman–Crippen LogP) is 3.12. The second-order valence-corrected chi connectivity index (χ2v) is 7.57. The summed E-state index contributed by atoms with van der Waals surface area (Å²) in [5.74, 6) is 1.88. The van der Waals surface area contributed by atoms with Crippen LogP contribution in [0.25, 0.3) is 11.0 Å². The van der Waals surface area contributed by atoms with Gasteiger partial charge in [-0.2, -0.15) is 0 Å². The summed E-state index contributed by atoms with van der Waals surface area (Å²) in [5, 5.41) is 3.56. The Balaban J connectivity index is 1.47. The van der Waals surface area contributed by atoms with Crippen LogP contribution in [0.4, 0.5) is 5.95 Å². The molecular weight excluding hydrogens is 348 g/mol. The topological polar surface area (TPSA) is 43.5 Å². The van der Waals surface area contributed by atoms with Crippen LogP contribution in [0.5, 0.6) is 5.75 Å². The Hall–Kier alpha value is -2.53. The molecule has 0 bridgehead atoms. The molecule has 2 N–H and O–H groups in total. The van der Waals surface area contributed by atoms with Crippen LogP contribution >= 0.6 is 0 Å². The SMILES string of the molecule is CCOc1ccc(CNc2nc3ccccc3n2CC[NH+]2CCCCC2)cc1. The molecule has 148 valence electrons. The average Bonchev–Trinajstić information content (AvgIpc) is 3.10. The van der Waals surface area contributed by atoms with Gasteiger partial charge in [0.1, 0.15) is 5.75 Å². The maximum atomic E-state index is 5.53. The highest BCUT2D eigenvalue weighted by Crippen LogP contribution is 2.20. The first kappa shape index (κ1) is 18.8. The molecule has 0 radical (unpaired) electrons. The molecule has 28 heavy (non-hydrogen) atoms. The first-order valence-corrected chi connectivity index (χ1v) is 10.6. The minimum atomic E-state index is 0.695. The minimum Gasteiger partial charge on any atom is -0.494 e. The van der Waals surface area contributed by atoms with Crippen LogP contribution in [-0.2, 0) is 13.1 Å². The highest BCUT2D eigenvalue weighted by molar-refractivity contribution is 5.78. The summed E-state index contributed by atoms with van der Waals surface area (Å²) in [6, 6.07) is 16.7. The van der Waals surface area contributed by atoms with E-state index in [1.54, 1.807) is 4.90 Å². The van der Waals surface area contributed by atoms with Crippen molar-refractivity contribution in [1.29, 1.82) is 0 Å². The molecule has 2 heterocycles. The van der Waals surface area contributed by atoms with Gasteiger partial charge < -0.3 is 19.5 Å². The fraction of sp³-hybridized carbons (Fsp3) is 0.435. The van der Waals surface area contributed by atoms with Crippen molar-refractivity contribution in [1.82, 2.24) is 9.55 Å². The predicted molar refractivity (Wildman–Crippen MR) is 114 cm³/mol. The number of anilines is 1. The number of nitrogens with one attached hydrogen (secondary N) is 2. The van der Waals surface area contributed by atoms with Crippen molar-refractivity contribution in [2.45, 2.75) is 39.3 Å². The van der Waals surface area contributed by atoms with E-state index in [-0.39, 0.29) is 0 Å².